The largest absolute Gasteiger partial charge is 0.493 e. The number of amides is 1. The van der Waals surface area contributed by atoms with Crippen LogP contribution in [0.1, 0.15) is 28.4 Å². The van der Waals surface area contributed by atoms with E-state index in [0.717, 1.165) is 0 Å². The molecule has 2 rings (SSSR count). The van der Waals surface area contributed by atoms with E-state index in [1.165, 1.54) is 25.3 Å². The molecule has 0 fully saturated rings. The Bertz CT molecular complexity index is 955. The van der Waals surface area contributed by atoms with Gasteiger partial charge in [0, 0.05) is 5.69 Å². The Morgan fingerprint density at radius 1 is 0.906 bits per heavy atom. The molecule has 6 nitrogen and oxygen atoms in total. The molecule has 0 bridgehead atoms. The Kier molecular flexibility index (Phi) is 7.60. The number of esters is 1. The van der Waals surface area contributed by atoms with Crippen molar-refractivity contribution in [3.05, 3.63) is 53.1 Å². The minimum atomic E-state index is -5.07. The number of hydrogen-bond donors (Lipinski definition) is 1. The molecule has 0 atom stereocenters. The summed E-state index contributed by atoms with van der Waals surface area (Å²) in [5.74, 6) is -1.53. The number of methoxy groups -OCH3 is 1. The predicted octanol–water partition coefficient (Wildman–Crippen LogP) is 4.93. The zero-order valence-electron chi connectivity index (χ0n) is 16.7. The fraction of sp³-hybridized carbons (Fsp3) is 0.300. The summed E-state index contributed by atoms with van der Waals surface area (Å²) in [5, 5.41) is 1.86. The smallest absolute Gasteiger partial charge is 0.416 e. The molecule has 12 heteroatoms. The molecule has 0 radical (unpaired) electrons. The molecule has 2 aromatic carbocycles. The second-order valence-electron chi connectivity index (χ2n) is 6.22. The van der Waals surface area contributed by atoms with Gasteiger partial charge in [0.15, 0.2) is 18.1 Å². The highest BCUT2D eigenvalue weighted by atomic mass is 19.4. The summed E-state index contributed by atoms with van der Waals surface area (Å²) < 4.78 is 92.4. The van der Waals surface area contributed by atoms with Crippen LogP contribution in [0.5, 0.6) is 11.5 Å². The SMILES string of the molecule is CCOc1ccc(C(=O)OCC(=O)Nc2cc(C(F)(F)F)cc(C(F)(F)F)c2)cc1OC. The normalized spacial score (nSPS) is 11.6. The first-order valence-electron chi connectivity index (χ1n) is 8.92. The van der Waals surface area contributed by atoms with Gasteiger partial charge in [-0.25, -0.2) is 4.79 Å². The highest BCUT2D eigenvalue weighted by Gasteiger charge is 2.37. The number of benzene rings is 2. The maximum absolute atomic E-state index is 12.9. The highest BCUT2D eigenvalue weighted by molar-refractivity contribution is 5.96. The maximum Gasteiger partial charge on any atom is 0.416 e. The molecule has 0 heterocycles. The molecule has 0 saturated heterocycles. The molecule has 174 valence electrons. The van der Waals surface area contributed by atoms with E-state index in [2.05, 4.69) is 0 Å². The zero-order valence-corrected chi connectivity index (χ0v) is 16.7. The number of carbonyl (C=O) groups is 2. The van der Waals surface area contributed by atoms with Crippen molar-refractivity contribution in [3.8, 4) is 11.5 Å². The molecule has 0 saturated carbocycles. The molecule has 0 aromatic heterocycles. The van der Waals surface area contributed by atoms with Gasteiger partial charge in [-0.05, 0) is 43.3 Å². The van der Waals surface area contributed by atoms with Gasteiger partial charge in [0.1, 0.15) is 0 Å². The molecule has 0 spiro atoms. The standard InChI is InChI=1S/C20H17F6NO5/c1-3-31-15-5-4-11(6-16(15)30-2)18(29)32-10-17(28)27-14-8-12(19(21,22)23)7-13(9-14)20(24,25)26/h4-9H,3,10H2,1-2H3,(H,27,28). The maximum atomic E-state index is 12.9. The minimum Gasteiger partial charge on any atom is -0.493 e. The van der Waals surface area contributed by atoms with Crippen LogP contribution < -0.4 is 14.8 Å². The van der Waals surface area contributed by atoms with Crippen LogP contribution >= 0.6 is 0 Å². The van der Waals surface area contributed by atoms with Crippen molar-refractivity contribution >= 4 is 17.6 Å². The van der Waals surface area contributed by atoms with Crippen LogP contribution in [0.4, 0.5) is 32.0 Å². The lowest BCUT2D eigenvalue weighted by Gasteiger charge is -2.15. The van der Waals surface area contributed by atoms with Gasteiger partial charge in [-0.1, -0.05) is 0 Å². The average Bonchev–Trinajstić information content (AvgIpc) is 2.71. The van der Waals surface area contributed by atoms with Crippen LogP contribution in [0.2, 0.25) is 0 Å². The summed E-state index contributed by atoms with van der Waals surface area (Å²) in [6.45, 7) is 1.13. The number of hydrogen-bond acceptors (Lipinski definition) is 5. The number of rotatable bonds is 7. The molecule has 32 heavy (non-hydrogen) atoms. The lowest BCUT2D eigenvalue weighted by molar-refractivity contribution is -0.143. The van der Waals surface area contributed by atoms with Crippen molar-refractivity contribution in [1.82, 2.24) is 0 Å². The number of carbonyl (C=O) groups excluding carboxylic acids is 2. The van der Waals surface area contributed by atoms with Gasteiger partial charge in [-0.15, -0.1) is 0 Å². The van der Waals surface area contributed by atoms with Gasteiger partial charge in [0.2, 0.25) is 0 Å². The van der Waals surface area contributed by atoms with Gasteiger partial charge < -0.3 is 19.5 Å². The lowest BCUT2D eigenvalue weighted by Crippen LogP contribution is -2.22. The van der Waals surface area contributed by atoms with Crippen molar-refractivity contribution in [2.75, 3.05) is 25.6 Å². The van der Waals surface area contributed by atoms with E-state index >= 15 is 0 Å². The van der Waals surface area contributed by atoms with E-state index in [-0.39, 0.29) is 17.4 Å². The van der Waals surface area contributed by atoms with E-state index in [9.17, 15) is 35.9 Å². The van der Waals surface area contributed by atoms with Gasteiger partial charge in [0.25, 0.3) is 5.91 Å². The van der Waals surface area contributed by atoms with Crippen molar-refractivity contribution < 1.29 is 50.1 Å². The van der Waals surface area contributed by atoms with E-state index < -0.39 is 47.7 Å². The Hall–Kier alpha value is -3.44. The van der Waals surface area contributed by atoms with E-state index in [0.29, 0.717) is 24.5 Å². The topological polar surface area (TPSA) is 73.9 Å². The summed E-state index contributed by atoms with van der Waals surface area (Å²) in [4.78, 5) is 24.1. The Labute approximate surface area is 178 Å². The van der Waals surface area contributed by atoms with Crippen molar-refractivity contribution in [2.24, 2.45) is 0 Å². The molecule has 0 aliphatic rings. The molecule has 0 aliphatic carbocycles. The molecule has 2 aromatic rings. The van der Waals surface area contributed by atoms with Gasteiger partial charge in [0.05, 0.1) is 30.4 Å². The fourth-order valence-electron chi connectivity index (χ4n) is 2.51. The minimum absolute atomic E-state index is 0.0171. The second kappa shape index (κ2) is 9.79. The van der Waals surface area contributed by atoms with Crippen LogP contribution in [-0.4, -0.2) is 32.2 Å². The third kappa shape index (κ3) is 6.53. The lowest BCUT2D eigenvalue weighted by atomic mass is 10.1. The summed E-state index contributed by atoms with van der Waals surface area (Å²) in [7, 11) is 1.34. The van der Waals surface area contributed by atoms with Crippen LogP contribution in [0.3, 0.4) is 0 Å². The van der Waals surface area contributed by atoms with Gasteiger partial charge in [-0.3, -0.25) is 4.79 Å². The van der Waals surface area contributed by atoms with Crippen molar-refractivity contribution in [3.63, 3.8) is 0 Å². The Balaban J connectivity index is 2.10. The molecule has 0 unspecified atom stereocenters. The van der Waals surface area contributed by atoms with Crippen LogP contribution in [0.15, 0.2) is 36.4 Å². The van der Waals surface area contributed by atoms with Crippen LogP contribution in [-0.2, 0) is 21.9 Å². The summed E-state index contributed by atoms with van der Waals surface area (Å²) in [5.41, 5.74) is -3.96. The molecule has 0 aliphatic heterocycles. The Morgan fingerprint density at radius 3 is 2.00 bits per heavy atom. The van der Waals surface area contributed by atoms with Crippen molar-refractivity contribution in [1.29, 1.82) is 0 Å². The summed E-state index contributed by atoms with van der Waals surface area (Å²) in [6.07, 6.45) is -10.1. The molecular weight excluding hydrogens is 448 g/mol. The first-order chi connectivity index (χ1) is 14.8. The highest BCUT2D eigenvalue weighted by Crippen LogP contribution is 2.37. The number of nitrogens with one attached hydrogen (secondary N) is 1. The summed E-state index contributed by atoms with van der Waals surface area (Å²) in [6, 6.07) is 4.65. The zero-order chi connectivity index (χ0) is 24.1. The monoisotopic (exact) mass is 465 g/mol. The predicted molar refractivity (Wildman–Crippen MR) is 99.5 cm³/mol. The van der Waals surface area contributed by atoms with Crippen LogP contribution in [0.25, 0.3) is 0 Å². The summed E-state index contributed by atoms with van der Waals surface area (Å²) >= 11 is 0. The van der Waals surface area contributed by atoms with Crippen molar-refractivity contribution in [2.45, 2.75) is 19.3 Å². The van der Waals surface area contributed by atoms with Crippen LogP contribution in [0, 0.1) is 0 Å². The third-order valence-electron chi connectivity index (χ3n) is 3.90. The fourth-order valence-corrected chi connectivity index (χ4v) is 2.51. The van der Waals surface area contributed by atoms with E-state index in [1.54, 1.807) is 6.92 Å². The number of alkyl halides is 6. The molecule has 1 N–H and O–H groups in total. The average molecular weight is 465 g/mol. The number of halogens is 6. The molecular formula is C20H17F6NO5. The van der Waals surface area contributed by atoms with E-state index in [4.69, 9.17) is 14.2 Å². The quantitative estimate of drug-likeness (QED) is 0.464. The Morgan fingerprint density at radius 2 is 1.50 bits per heavy atom. The first-order valence-corrected chi connectivity index (χ1v) is 8.92. The first kappa shape index (κ1) is 24.8. The third-order valence-corrected chi connectivity index (χ3v) is 3.90. The molecule has 1 amide bonds. The second-order valence-corrected chi connectivity index (χ2v) is 6.22. The van der Waals surface area contributed by atoms with E-state index in [1.807, 2.05) is 5.32 Å². The number of ether oxygens (including phenoxy) is 3. The van der Waals surface area contributed by atoms with Gasteiger partial charge >= 0.3 is 18.3 Å². The number of anilines is 1. The van der Waals surface area contributed by atoms with Gasteiger partial charge in [-0.2, -0.15) is 26.3 Å².